The lowest BCUT2D eigenvalue weighted by Crippen LogP contribution is -2.30. The minimum Gasteiger partial charge on any atom is -0.397 e. The van der Waals surface area contributed by atoms with Crippen molar-refractivity contribution in [3.63, 3.8) is 0 Å². The van der Waals surface area contributed by atoms with E-state index in [4.69, 9.17) is 5.73 Å². The van der Waals surface area contributed by atoms with Crippen LogP contribution >= 0.6 is 0 Å². The maximum absolute atomic E-state index is 12.6. The van der Waals surface area contributed by atoms with Crippen molar-refractivity contribution in [1.82, 2.24) is 0 Å². The van der Waals surface area contributed by atoms with E-state index in [-0.39, 0.29) is 6.07 Å². The zero-order valence-corrected chi connectivity index (χ0v) is 9.67. The van der Waals surface area contributed by atoms with Crippen LogP contribution in [0.25, 0.3) is 0 Å². The summed E-state index contributed by atoms with van der Waals surface area (Å²) in [6.07, 6.45) is -10.5. The zero-order chi connectivity index (χ0) is 16.6. The molecule has 21 heavy (non-hydrogen) atoms. The van der Waals surface area contributed by atoms with Crippen molar-refractivity contribution in [2.24, 2.45) is 0 Å². The lowest BCUT2D eigenvalue weighted by atomic mass is 10.1. The predicted molar refractivity (Wildman–Crippen MR) is 57.2 cm³/mol. The molecular formula is C9H5F6N3O3. The third kappa shape index (κ3) is 3.73. The Morgan fingerprint density at radius 1 is 1.19 bits per heavy atom. The molecule has 0 bridgehead atoms. The summed E-state index contributed by atoms with van der Waals surface area (Å²) in [7, 11) is 0. The molecule has 1 amide bonds. The van der Waals surface area contributed by atoms with Gasteiger partial charge in [-0.25, -0.2) is 0 Å². The van der Waals surface area contributed by atoms with Crippen molar-refractivity contribution in [2.45, 2.75) is 12.4 Å². The minimum atomic E-state index is -5.39. The number of amides is 1. The molecule has 0 aliphatic rings. The summed E-state index contributed by atoms with van der Waals surface area (Å²) >= 11 is 0. The number of alkyl halides is 6. The molecule has 0 aliphatic heterocycles. The van der Waals surface area contributed by atoms with E-state index in [1.54, 1.807) is 0 Å². The van der Waals surface area contributed by atoms with Gasteiger partial charge in [-0.2, -0.15) is 26.3 Å². The van der Waals surface area contributed by atoms with Crippen LogP contribution in [0, 0.1) is 10.1 Å². The van der Waals surface area contributed by atoms with Crippen LogP contribution in [0.2, 0.25) is 0 Å². The Hall–Kier alpha value is -2.53. The van der Waals surface area contributed by atoms with Crippen LogP contribution < -0.4 is 11.1 Å². The predicted octanol–water partition coefficient (Wildman–Crippen LogP) is 2.70. The van der Waals surface area contributed by atoms with E-state index in [1.165, 1.54) is 0 Å². The minimum absolute atomic E-state index is 0.0541. The second kappa shape index (κ2) is 5.10. The van der Waals surface area contributed by atoms with Gasteiger partial charge in [-0.3, -0.25) is 14.9 Å². The van der Waals surface area contributed by atoms with Crippen molar-refractivity contribution < 1.29 is 36.1 Å². The molecule has 0 atom stereocenters. The summed E-state index contributed by atoms with van der Waals surface area (Å²) in [4.78, 5) is 19.9. The highest BCUT2D eigenvalue weighted by atomic mass is 19.4. The Labute approximate surface area is 111 Å². The molecule has 1 aromatic rings. The Kier molecular flexibility index (Phi) is 4.02. The van der Waals surface area contributed by atoms with E-state index >= 15 is 0 Å². The summed E-state index contributed by atoms with van der Waals surface area (Å²) in [6.45, 7) is 0. The fraction of sp³-hybridized carbons (Fsp3) is 0.222. The molecule has 0 radical (unpaired) electrons. The smallest absolute Gasteiger partial charge is 0.397 e. The van der Waals surface area contributed by atoms with Crippen molar-refractivity contribution >= 4 is 23.0 Å². The maximum atomic E-state index is 12.6. The number of nitrogens with zero attached hydrogens (tertiary/aromatic N) is 1. The number of benzene rings is 1. The van der Waals surface area contributed by atoms with E-state index < -0.39 is 45.8 Å². The summed E-state index contributed by atoms with van der Waals surface area (Å²) in [5.74, 6) is -2.61. The number of carbonyl (C=O) groups excluding carboxylic acids is 1. The highest BCUT2D eigenvalue weighted by Crippen LogP contribution is 2.40. The average molecular weight is 317 g/mol. The Morgan fingerprint density at radius 2 is 1.71 bits per heavy atom. The number of nitrogens with one attached hydrogen (secondary N) is 1. The molecule has 12 heteroatoms. The number of non-ortho nitro benzene ring substituents is 1. The summed E-state index contributed by atoms with van der Waals surface area (Å²) in [6, 6.07) is 0.354. The van der Waals surface area contributed by atoms with Gasteiger partial charge >= 0.3 is 18.3 Å². The second-order valence-electron chi connectivity index (χ2n) is 3.66. The van der Waals surface area contributed by atoms with Gasteiger partial charge in [0.2, 0.25) is 0 Å². The van der Waals surface area contributed by atoms with E-state index in [2.05, 4.69) is 0 Å². The van der Waals surface area contributed by atoms with Crippen molar-refractivity contribution in [3.05, 3.63) is 27.8 Å². The normalized spacial score (nSPS) is 12.1. The molecule has 0 spiro atoms. The lowest BCUT2D eigenvalue weighted by Gasteiger charge is -2.15. The number of carbonyl (C=O) groups is 1. The van der Waals surface area contributed by atoms with Crippen LogP contribution in [-0.4, -0.2) is 17.0 Å². The quantitative estimate of drug-likeness (QED) is 0.379. The van der Waals surface area contributed by atoms with Gasteiger partial charge in [-0.1, -0.05) is 0 Å². The van der Waals surface area contributed by atoms with Gasteiger partial charge in [-0.15, -0.1) is 0 Å². The molecule has 0 fully saturated rings. The van der Waals surface area contributed by atoms with Gasteiger partial charge in [0.25, 0.3) is 5.69 Å². The summed E-state index contributed by atoms with van der Waals surface area (Å²) in [5.41, 5.74) is -0.307. The molecule has 0 saturated heterocycles. The molecule has 0 aliphatic carbocycles. The van der Waals surface area contributed by atoms with Crippen LogP contribution in [-0.2, 0) is 11.0 Å². The maximum Gasteiger partial charge on any atom is 0.471 e. The molecule has 0 unspecified atom stereocenters. The number of nitro groups is 1. The van der Waals surface area contributed by atoms with Gasteiger partial charge in [-0.05, 0) is 0 Å². The highest BCUT2D eigenvalue weighted by Gasteiger charge is 2.41. The van der Waals surface area contributed by atoms with Crippen LogP contribution in [0.1, 0.15) is 5.56 Å². The monoisotopic (exact) mass is 317 g/mol. The van der Waals surface area contributed by atoms with E-state index in [0.717, 1.165) is 5.32 Å². The van der Waals surface area contributed by atoms with Gasteiger partial charge in [0.1, 0.15) is 0 Å². The number of nitrogens with two attached hydrogens (primary N) is 1. The molecule has 0 saturated carbocycles. The number of nitro benzene ring substituents is 1. The summed E-state index contributed by atoms with van der Waals surface area (Å²) < 4.78 is 74.0. The first-order valence-corrected chi connectivity index (χ1v) is 4.87. The van der Waals surface area contributed by atoms with Gasteiger partial charge in [0.05, 0.1) is 21.9 Å². The van der Waals surface area contributed by atoms with Gasteiger partial charge < -0.3 is 11.1 Å². The first-order valence-electron chi connectivity index (χ1n) is 4.87. The van der Waals surface area contributed by atoms with E-state index in [9.17, 15) is 41.3 Å². The van der Waals surface area contributed by atoms with Crippen LogP contribution in [0.4, 0.5) is 43.4 Å². The highest BCUT2D eigenvalue weighted by molar-refractivity contribution is 5.98. The number of halogens is 6. The van der Waals surface area contributed by atoms with Crippen molar-refractivity contribution in [3.8, 4) is 0 Å². The molecular weight excluding hydrogens is 312 g/mol. The number of hydrogen-bond acceptors (Lipinski definition) is 4. The molecule has 0 aromatic heterocycles. The number of nitrogen functional groups attached to an aromatic ring is 1. The third-order valence-electron chi connectivity index (χ3n) is 2.19. The molecule has 116 valence electrons. The molecule has 6 nitrogen and oxygen atoms in total. The third-order valence-corrected chi connectivity index (χ3v) is 2.19. The van der Waals surface area contributed by atoms with Crippen molar-refractivity contribution in [1.29, 1.82) is 0 Å². The Morgan fingerprint density at radius 3 is 2.10 bits per heavy atom. The Balaban J connectivity index is 3.41. The fourth-order valence-corrected chi connectivity index (χ4v) is 1.27. The van der Waals surface area contributed by atoms with Gasteiger partial charge in [0.15, 0.2) is 0 Å². The number of hydrogen-bond donors (Lipinski definition) is 2. The average Bonchev–Trinajstić information content (AvgIpc) is 2.28. The van der Waals surface area contributed by atoms with Gasteiger partial charge in [0, 0.05) is 12.1 Å². The Bertz CT molecular complexity index is 596. The lowest BCUT2D eigenvalue weighted by molar-refractivity contribution is -0.385. The van der Waals surface area contributed by atoms with E-state index in [1.807, 2.05) is 0 Å². The molecule has 0 heterocycles. The molecule has 1 rings (SSSR count). The van der Waals surface area contributed by atoms with Crippen molar-refractivity contribution in [2.75, 3.05) is 11.1 Å². The van der Waals surface area contributed by atoms with Crippen LogP contribution in [0.3, 0.4) is 0 Å². The zero-order valence-electron chi connectivity index (χ0n) is 9.67. The largest absolute Gasteiger partial charge is 0.471 e. The first-order chi connectivity index (χ1) is 9.34. The van der Waals surface area contributed by atoms with E-state index in [0.29, 0.717) is 6.07 Å². The second-order valence-corrected chi connectivity index (χ2v) is 3.66. The summed E-state index contributed by atoms with van der Waals surface area (Å²) in [5, 5.41) is 11.6. The first kappa shape index (κ1) is 16.5. The topological polar surface area (TPSA) is 98.3 Å². The fourth-order valence-electron chi connectivity index (χ4n) is 1.27. The SMILES string of the molecule is Nc1c(NC(=O)C(F)(F)F)cc([N+](=O)[O-])cc1C(F)(F)F. The standard InChI is InChI=1S/C9H5F6N3O3/c10-8(11,12)4-1-3(18(20)21)2-5(6(4)16)17-7(19)9(13,14)15/h1-2H,16H2,(H,17,19). The number of anilines is 2. The molecule has 3 N–H and O–H groups in total. The number of rotatable bonds is 2. The van der Waals surface area contributed by atoms with Crippen LogP contribution in [0.15, 0.2) is 12.1 Å². The van der Waals surface area contributed by atoms with Crippen LogP contribution in [0.5, 0.6) is 0 Å². The molecule has 1 aromatic carbocycles.